The van der Waals surface area contributed by atoms with Gasteiger partial charge in [-0.25, -0.2) is 0 Å². The summed E-state index contributed by atoms with van der Waals surface area (Å²) >= 11 is 0. The maximum atomic E-state index is 6.25. The highest BCUT2D eigenvalue weighted by atomic mass is 14.7. The lowest BCUT2D eigenvalue weighted by Crippen LogP contribution is -2.40. The van der Waals surface area contributed by atoms with Crippen molar-refractivity contribution in [1.29, 1.82) is 0 Å². The van der Waals surface area contributed by atoms with Crippen molar-refractivity contribution >= 4 is 0 Å². The SMILES string of the molecule is CC1C=CC(C)(N)C2=C1CCCC2. The van der Waals surface area contributed by atoms with Crippen LogP contribution >= 0.6 is 0 Å². The van der Waals surface area contributed by atoms with Gasteiger partial charge in [0.1, 0.15) is 0 Å². The van der Waals surface area contributed by atoms with Gasteiger partial charge in [-0.05, 0) is 44.1 Å². The lowest BCUT2D eigenvalue weighted by atomic mass is 9.72. The predicted octanol–water partition coefficient (Wildman–Crippen LogP) is 2.78. The van der Waals surface area contributed by atoms with Crippen LogP contribution in [0.4, 0.5) is 0 Å². The molecule has 0 aromatic heterocycles. The molecule has 0 heterocycles. The van der Waals surface area contributed by atoms with Gasteiger partial charge in [0.25, 0.3) is 0 Å². The second-order valence-electron chi connectivity index (χ2n) is 4.64. The zero-order chi connectivity index (χ0) is 9.47. The fourth-order valence-corrected chi connectivity index (χ4v) is 2.61. The van der Waals surface area contributed by atoms with Gasteiger partial charge in [0.05, 0.1) is 5.54 Å². The molecule has 0 spiro atoms. The zero-order valence-corrected chi connectivity index (χ0v) is 8.64. The Kier molecular flexibility index (Phi) is 2.07. The molecule has 0 saturated carbocycles. The summed E-state index contributed by atoms with van der Waals surface area (Å²) in [7, 11) is 0. The van der Waals surface area contributed by atoms with Crippen LogP contribution in [0.5, 0.6) is 0 Å². The van der Waals surface area contributed by atoms with E-state index in [-0.39, 0.29) is 5.54 Å². The first-order valence-corrected chi connectivity index (χ1v) is 5.32. The molecule has 2 rings (SSSR count). The Bertz CT molecular complexity index is 271. The van der Waals surface area contributed by atoms with Gasteiger partial charge in [0.2, 0.25) is 0 Å². The molecule has 2 unspecified atom stereocenters. The van der Waals surface area contributed by atoms with Gasteiger partial charge in [0.15, 0.2) is 0 Å². The summed E-state index contributed by atoms with van der Waals surface area (Å²) in [5.41, 5.74) is 9.25. The molecule has 2 atom stereocenters. The Hall–Kier alpha value is -0.560. The first kappa shape index (κ1) is 9.01. The van der Waals surface area contributed by atoms with Crippen LogP contribution in [0.25, 0.3) is 0 Å². The second-order valence-corrected chi connectivity index (χ2v) is 4.64. The Morgan fingerprint density at radius 1 is 1.38 bits per heavy atom. The van der Waals surface area contributed by atoms with Crippen molar-refractivity contribution in [3.05, 3.63) is 23.3 Å². The van der Waals surface area contributed by atoms with Crippen LogP contribution in [-0.4, -0.2) is 5.54 Å². The minimum Gasteiger partial charge on any atom is -0.319 e. The average Bonchev–Trinajstić information content (AvgIpc) is 2.13. The highest BCUT2D eigenvalue weighted by Crippen LogP contribution is 2.39. The van der Waals surface area contributed by atoms with Gasteiger partial charge in [0, 0.05) is 0 Å². The number of allylic oxidation sites excluding steroid dienone is 2. The van der Waals surface area contributed by atoms with E-state index in [0.717, 1.165) is 0 Å². The lowest BCUT2D eigenvalue weighted by molar-refractivity contribution is 0.523. The molecule has 1 nitrogen and oxygen atoms in total. The third-order valence-corrected chi connectivity index (χ3v) is 3.44. The van der Waals surface area contributed by atoms with E-state index >= 15 is 0 Å². The number of hydrogen-bond donors (Lipinski definition) is 1. The largest absolute Gasteiger partial charge is 0.319 e. The summed E-state index contributed by atoms with van der Waals surface area (Å²) in [6.45, 7) is 4.42. The summed E-state index contributed by atoms with van der Waals surface area (Å²) in [6.07, 6.45) is 9.62. The standard InChI is InChI=1S/C12H19N/c1-9-7-8-12(2,13)11-6-4-3-5-10(9)11/h7-9H,3-6,13H2,1-2H3. The predicted molar refractivity (Wildman–Crippen MR) is 56.4 cm³/mol. The molecule has 0 aromatic carbocycles. The average molecular weight is 177 g/mol. The van der Waals surface area contributed by atoms with Crippen LogP contribution in [0.2, 0.25) is 0 Å². The maximum Gasteiger partial charge on any atom is 0.0529 e. The molecular formula is C12H19N. The number of nitrogens with two attached hydrogens (primary N) is 1. The van der Waals surface area contributed by atoms with E-state index in [4.69, 9.17) is 5.73 Å². The fraction of sp³-hybridized carbons (Fsp3) is 0.667. The van der Waals surface area contributed by atoms with E-state index in [1.54, 1.807) is 5.57 Å². The number of hydrogen-bond acceptors (Lipinski definition) is 1. The van der Waals surface area contributed by atoms with E-state index in [1.807, 2.05) is 0 Å². The normalized spacial score (nSPS) is 39.2. The van der Waals surface area contributed by atoms with Gasteiger partial charge < -0.3 is 5.73 Å². The fourth-order valence-electron chi connectivity index (χ4n) is 2.61. The highest BCUT2D eigenvalue weighted by molar-refractivity contribution is 5.39. The molecule has 0 radical (unpaired) electrons. The third kappa shape index (κ3) is 1.46. The van der Waals surface area contributed by atoms with Gasteiger partial charge in [-0.3, -0.25) is 0 Å². The molecule has 0 fully saturated rings. The Labute approximate surface area is 80.7 Å². The minimum atomic E-state index is -0.151. The summed E-state index contributed by atoms with van der Waals surface area (Å²) in [4.78, 5) is 0. The van der Waals surface area contributed by atoms with Crippen LogP contribution in [0.3, 0.4) is 0 Å². The second kappa shape index (κ2) is 2.98. The Balaban J connectivity index is 2.39. The molecule has 0 saturated heterocycles. The molecular weight excluding hydrogens is 158 g/mol. The summed E-state index contributed by atoms with van der Waals surface area (Å²) in [6, 6.07) is 0. The molecule has 0 bridgehead atoms. The van der Waals surface area contributed by atoms with E-state index in [0.29, 0.717) is 5.92 Å². The van der Waals surface area contributed by atoms with Crippen LogP contribution < -0.4 is 5.73 Å². The lowest BCUT2D eigenvalue weighted by Gasteiger charge is -2.36. The molecule has 13 heavy (non-hydrogen) atoms. The van der Waals surface area contributed by atoms with Crippen LogP contribution in [0.1, 0.15) is 39.5 Å². The molecule has 2 N–H and O–H groups in total. The quantitative estimate of drug-likeness (QED) is 0.566. The molecule has 2 aliphatic rings. The van der Waals surface area contributed by atoms with E-state index in [9.17, 15) is 0 Å². The van der Waals surface area contributed by atoms with Crippen molar-refractivity contribution in [2.75, 3.05) is 0 Å². The first-order valence-electron chi connectivity index (χ1n) is 5.32. The summed E-state index contributed by atoms with van der Waals surface area (Å²) in [5.74, 6) is 0.631. The maximum absolute atomic E-state index is 6.25. The van der Waals surface area contributed by atoms with Crippen LogP contribution in [-0.2, 0) is 0 Å². The van der Waals surface area contributed by atoms with Crippen molar-refractivity contribution in [2.45, 2.75) is 45.1 Å². The van der Waals surface area contributed by atoms with Crippen LogP contribution in [0.15, 0.2) is 23.3 Å². The Morgan fingerprint density at radius 3 is 2.77 bits per heavy atom. The molecule has 0 aromatic rings. The third-order valence-electron chi connectivity index (χ3n) is 3.44. The minimum absolute atomic E-state index is 0.151. The molecule has 72 valence electrons. The van der Waals surface area contributed by atoms with Crippen molar-refractivity contribution in [1.82, 2.24) is 0 Å². The summed E-state index contributed by atoms with van der Waals surface area (Å²) < 4.78 is 0. The van der Waals surface area contributed by atoms with E-state index in [2.05, 4.69) is 26.0 Å². The Morgan fingerprint density at radius 2 is 2.08 bits per heavy atom. The molecule has 2 aliphatic carbocycles. The molecule has 0 aliphatic heterocycles. The first-order chi connectivity index (χ1) is 6.11. The zero-order valence-electron chi connectivity index (χ0n) is 8.64. The van der Waals surface area contributed by atoms with Crippen LogP contribution in [0, 0.1) is 5.92 Å². The number of rotatable bonds is 0. The molecule has 0 amide bonds. The van der Waals surface area contributed by atoms with Gasteiger partial charge in [-0.15, -0.1) is 0 Å². The monoisotopic (exact) mass is 177 g/mol. The van der Waals surface area contributed by atoms with Gasteiger partial charge in [-0.2, -0.15) is 0 Å². The van der Waals surface area contributed by atoms with Gasteiger partial charge >= 0.3 is 0 Å². The van der Waals surface area contributed by atoms with Crippen molar-refractivity contribution < 1.29 is 0 Å². The smallest absolute Gasteiger partial charge is 0.0529 e. The van der Waals surface area contributed by atoms with Crippen molar-refractivity contribution in [3.63, 3.8) is 0 Å². The summed E-state index contributed by atoms with van der Waals surface area (Å²) in [5, 5.41) is 0. The van der Waals surface area contributed by atoms with E-state index in [1.165, 1.54) is 31.3 Å². The topological polar surface area (TPSA) is 26.0 Å². The van der Waals surface area contributed by atoms with E-state index < -0.39 is 0 Å². The van der Waals surface area contributed by atoms with Gasteiger partial charge in [-0.1, -0.05) is 24.6 Å². The van der Waals surface area contributed by atoms with Crippen molar-refractivity contribution in [2.24, 2.45) is 11.7 Å². The van der Waals surface area contributed by atoms with Crippen molar-refractivity contribution in [3.8, 4) is 0 Å². The molecule has 1 heteroatoms. The highest BCUT2D eigenvalue weighted by Gasteiger charge is 2.30.